The van der Waals surface area contributed by atoms with Crippen molar-refractivity contribution in [3.05, 3.63) is 47.8 Å². The number of amides is 1. The van der Waals surface area contributed by atoms with Crippen molar-refractivity contribution >= 4 is 5.91 Å². The van der Waals surface area contributed by atoms with Gasteiger partial charge in [0.25, 0.3) is 5.91 Å². The number of rotatable bonds is 5. The summed E-state index contributed by atoms with van der Waals surface area (Å²) in [5.41, 5.74) is 1.71. The van der Waals surface area contributed by atoms with Crippen LogP contribution >= 0.6 is 0 Å². The second-order valence-corrected chi connectivity index (χ2v) is 4.38. The lowest BCUT2D eigenvalue weighted by molar-refractivity contribution is 0.0774. The molecule has 100 valence electrons. The van der Waals surface area contributed by atoms with E-state index < -0.39 is 0 Å². The summed E-state index contributed by atoms with van der Waals surface area (Å²) in [6.45, 7) is 3.00. The van der Waals surface area contributed by atoms with Crippen LogP contribution in [0.5, 0.6) is 5.75 Å². The van der Waals surface area contributed by atoms with Gasteiger partial charge in [0.15, 0.2) is 0 Å². The van der Waals surface area contributed by atoms with Crippen LogP contribution in [0.15, 0.2) is 36.7 Å². The largest absolute Gasteiger partial charge is 0.492 e. The summed E-state index contributed by atoms with van der Waals surface area (Å²) in [6.07, 6.45) is 3.10. The Morgan fingerprint density at radius 1 is 1.47 bits per heavy atom. The molecule has 19 heavy (non-hydrogen) atoms. The number of aryl methyl sites for hydroxylation is 1. The number of H-pyrrole nitrogens is 1. The molecule has 0 spiro atoms. The van der Waals surface area contributed by atoms with Crippen molar-refractivity contribution in [1.29, 1.82) is 0 Å². The highest BCUT2D eigenvalue weighted by Crippen LogP contribution is 2.12. The van der Waals surface area contributed by atoms with Crippen LogP contribution < -0.4 is 4.74 Å². The van der Waals surface area contributed by atoms with Crippen molar-refractivity contribution in [2.45, 2.75) is 6.92 Å². The van der Waals surface area contributed by atoms with Gasteiger partial charge in [0, 0.05) is 13.2 Å². The fraction of sp³-hybridized carbons (Fsp3) is 0.286. The van der Waals surface area contributed by atoms with Crippen molar-refractivity contribution in [2.24, 2.45) is 0 Å². The number of carbonyl (C=O) groups is 1. The second-order valence-electron chi connectivity index (χ2n) is 4.38. The minimum absolute atomic E-state index is 0.0680. The molecule has 1 aromatic carbocycles. The van der Waals surface area contributed by atoms with Crippen LogP contribution in [-0.4, -0.2) is 41.2 Å². The minimum Gasteiger partial charge on any atom is -0.492 e. The quantitative estimate of drug-likeness (QED) is 0.891. The molecule has 0 aliphatic heterocycles. The lowest BCUT2D eigenvalue weighted by Gasteiger charge is -2.16. The topological polar surface area (TPSA) is 58.2 Å². The Morgan fingerprint density at radius 3 is 3.00 bits per heavy atom. The van der Waals surface area contributed by atoms with E-state index in [4.69, 9.17) is 4.74 Å². The molecule has 0 saturated heterocycles. The normalized spacial score (nSPS) is 10.2. The monoisotopic (exact) mass is 259 g/mol. The van der Waals surface area contributed by atoms with Gasteiger partial charge in [0.2, 0.25) is 0 Å². The average Bonchev–Trinajstić information content (AvgIpc) is 2.91. The highest BCUT2D eigenvalue weighted by molar-refractivity contribution is 5.93. The van der Waals surface area contributed by atoms with Crippen molar-refractivity contribution in [1.82, 2.24) is 15.1 Å². The van der Waals surface area contributed by atoms with E-state index in [0.717, 1.165) is 11.3 Å². The van der Waals surface area contributed by atoms with E-state index in [1.165, 1.54) is 6.20 Å². The van der Waals surface area contributed by atoms with Gasteiger partial charge in [-0.3, -0.25) is 9.89 Å². The van der Waals surface area contributed by atoms with E-state index in [1.54, 1.807) is 18.1 Å². The Kier molecular flexibility index (Phi) is 4.18. The summed E-state index contributed by atoms with van der Waals surface area (Å²) in [5.74, 6) is 0.755. The third-order valence-electron chi connectivity index (χ3n) is 2.78. The first kappa shape index (κ1) is 13.1. The number of hydrogen-bond acceptors (Lipinski definition) is 3. The first-order valence-corrected chi connectivity index (χ1v) is 6.10. The molecule has 0 radical (unpaired) electrons. The molecule has 2 rings (SSSR count). The van der Waals surface area contributed by atoms with Crippen LogP contribution in [0.4, 0.5) is 0 Å². The molecule has 0 aliphatic carbocycles. The molecule has 5 nitrogen and oxygen atoms in total. The molecule has 1 amide bonds. The highest BCUT2D eigenvalue weighted by Gasteiger charge is 2.12. The number of benzene rings is 1. The number of aromatic amines is 1. The first-order chi connectivity index (χ1) is 9.16. The average molecular weight is 259 g/mol. The van der Waals surface area contributed by atoms with Gasteiger partial charge in [0.05, 0.1) is 18.3 Å². The fourth-order valence-electron chi connectivity index (χ4n) is 1.70. The smallest absolute Gasteiger partial charge is 0.256 e. The fourth-order valence-corrected chi connectivity index (χ4v) is 1.70. The summed E-state index contributed by atoms with van der Waals surface area (Å²) in [4.78, 5) is 13.5. The Balaban J connectivity index is 1.81. The van der Waals surface area contributed by atoms with Gasteiger partial charge in [0.1, 0.15) is 12.4 Å². The van der Waals surface area contributed by atoms with Crippen LogP contribution in [0.2, 0.25) is 0 Å². The maximum atomic E-state index is 11.9. The summed E-state index contributed by atoms with van der Waals surface area (Å²) in [7, 11) is 1.74. The van der Waals surface area contributed by atoms with Crippen LogP contribution in [0, 0.1) is 6.92 Å². The molecule has 1 aromatic heterocycles. The predicted octanol–water partition coefficient (Wildman–Crippen LogP) is 1.87. The Hall–Kier alpha value is -2.30. The maximum absolute atomic E-state index is 11.9. The molecule has 5 heteroatoms. The molecule has 0 atom stereocenters. The van der Waals surface area contributed by atoms with E-state index >= 15 is 0 Å². The van der Waals surface area contributed by atoms with Gasteiger partial charge in [-0.05, 0) is 24.6 Å². The standard InChI is InChI=1S/C14H17N3O2/c1-11-4-3-5-13(8-11)19-7-6-17(2)14(18)12-9-15-16-10-12/h3-5,8-10H,6-7H2,1-2H3,(H,15,16). The lowest BCUT2D eigenvalue weighted by atomic mass is 10.2. The third kappa shape index (κ3) is 3.58. The lowest BCUT2D eigenvalue weighted by Crippen LogP contribution is -2.30. The van der Waals surface area contributed by atoms with Crippen molar-refractivity contribution in [2.75, 3.05) is 20.2 Å². The minimum atomic E-state index is -0.0680. The van der Waals surface area contributed by atoms with Crippen molar-refractivity contribution in [3.63, 3.8) is 0 Å². The molecular formula is C14H17N3O2. The number of nitrogens with one attached hydrogen (secondary N) is 1. The van der Waals surface area contributed by atoms with Crippen LogP contribution in [0.1, 0.15) is 15.9 Å². The number of ether oxygens (including phenoxy) is 1. The van der Waals surface area contributed by atoms with E-state index in [9.17, 15) is 4.79 Å². The van der Waals surface area contributed by atoms with Crippen molar-refractivity contribution < 1.29 is 9.53 Å². The summed E-state index contributed by atoms with van der Waals surface area (Å²) < 4.78 is 5.61. The summed E-state index contributed by atoms with van der Waals surface area (Å²) in [6, 6.07) is 7.84. The molecule has 0 fully saturated rings. The zero-order chi connectivity index (χ0) is 13.7. The van der Waals surface area contributed by atoms with Gasteiger partial charge in [-0.2, -0.15) is 5.10 Å². The number of nitrogens with zero attached hydrogens (tertiary/aromatic N) is 2. The van der Waals surface area contributed by atoms with Gasteiger partial charge in [-0.15, -0.1) is 0 Å². The van der Waals surface area contributed by atoms with Gasteiger partial charge < -0.3 is 9.64 Å². The predicted molar refractivity (Wildman–Crippen MR) is 72.2 cm³/mol. The van der Waals surface area contributed by atoms with E-state index in [2.05, 4.69) is 10.2 Å². The highest BCUT2D eigenvalue weighted by atomic mass is 16.5. The zero-order valence-electron chi connectivity index (χ0n) is 11.1. The SMILES string of the molecule is Cc1cccc(OCCN(C)C(=O)c2cn[nH]c2)c1. The molecule has 1 heterocycles. The number of hydrogen-bond donors (Lipinski definition) is 1. The number of aromatic nitrogens is 2. The molecule has 0 unspecified atom stereocenters. The molecular weight excluding hydrogens is 242 g/mol. The van der Waals surface area contributed by atoms with Crippen LogP contribution in [0.3, 0.4) is 0 Å². The summed E-state index contributed by atoms with van der Waals surface area (Å²) >= 11 is 0. The molecule has 0 bridgehead atoms. The number of carbonyl (C=O) groups excluding carboxylic acids is 1. The number of likely N-dealkylation sites (N-methyl/N-ethyl adjacent to an activating group) is 1. The van der Waals surface area contributed by atoms with E-state index in [0.29, 0.717) is 18.7 Å². The maximum Gasteiger partial charge on any atom is 0.256 e. The van der Waals surface area contributed by atoms with Gasteiger partial charge >= 0.3 is 0 Å². The zero-order valence-corrected chi connectivity index (χ0v) is 11.1. The first-order valence-electron chi connectivity index (χ1n) is 6.10. The van der Waals surface area contributed by atoms with Gasteiger partial charge in [-0.25, -0.2) is 0 Å². The Morgan fingerprint density at radius 2 is 2.32 bits per heavy atom. The molecule has 0 saturated carbocycles. The summed E-state index contributed by atoms with van der Waals surface area (Å²) in [5, 5.41) is 6.38. The Labute approximate surface area is 112 Å². The van der Waals surface area contributed by atoms with Crippen molar-refractivity contribution in [3.8, 4) is 5.75 Å². The Bertz CT molecular complexity index is 537. The molecule has 0 aliphatic rings. The second kappa shape index (κ2) is 6.04. The van der Waals surface area contributed by atoms with Crippen LogP contribution in [-0.2, 0) is 0 Å². The van der Waals surface area contributed by atoms with E-state index in [1.807, 2.05) is 31.2 Å². The van der Waals surface area contributed by atoms with Gasteiger partial charge in [-0.1, -0.05) is 12.1 Å². The van der Waals surface area contributed by atoms with Crippen LogP contribution in [0.25, 0.3) is 0 Å². The third-order valence-corrected chi connectivity index (χ3v) is 2.78. The van der Waals surface area contributed by atoms with E-state index in [-0.39, 0.29) is 5.91 Å². The molecule has 2 aromatic rings. The molecule has 1 N–H and O–H groups in total.